The minimum absolute atomic E-state index is 0.118. The first-order chi connectivity index (χ1) is 11.8. The Balaban J connectivity index is 1.92. The number of pyridine rings is 1. The van der Waals surface area contributed by atoms with Crippen molar-refractivity contribution >= 4 is 17.5 Å². The van der Waals surface area contributed by atoms with Gasteiger partial charge in [0.1, 0.15) is 5.56 Å². The lowest BCUT2D eigenvalue weighted by atomic mass is 10.1. The topological polar surface area (TPSA) is 80.2 Å². The maximum atomic E-state index is 12.3. The van der Waals surface area contributed by atoms with E-state index in [1.54, 1.807) is 20.0 Å². The van der Waals surface area contributed by atoms with Crippen LogP contribution in [0.15, 0.2) is 35.1 Å². The molecule has 6 heteroatoms. The Labute approximate surface area is 146 Å². The van der Waals surface area contributed by atoms with Crippen molar-refractivity contribution in [1.29, 1.82) is 0 Å². The summed E-state index contributed by atoms with van der Waals surface area (Å²) in [5.41, 5.74) is 3.02. The molecule has 2 rings (SSSR count). The van der Waals surface area contributed by atoms with E-state index in [4.69, 9.17) is 0 Å². The number of benzene rings is 1. The van der Waals surface area contributed by atoms with Crippen LogP contribution in [-0.4, -0.2) is 22.9 Å². The average Bonchev–Trinajstić information content (AvgIpc) is 2.55. The lowest BCUT2D eigenvalue weighted by Crippen LogP contribution is -2.35. The Kier molecular flexibility index (Phi) is 5.75. The highest BCUT2D eigenvalue weighted by molar-refractivity contribution is 5.96. The highest BCUT2D eigenvalue weighted by Crippen LogP contribution is 2.09. The molecule has 0 bridgehead atoms. The summed E-state index contributed by atoms with van der Waals surface area (Å²) in [7, 11) is 1.63. The van der Waals surface area contributed by atoms with E-state index in [2.05, 4.69) is 10.6 Å². The first-order valence-corrected chi connectivity index (χ1v) is 8.11. The number of rotatable bonds is 5. The Morgan fingerprint density at radius 2 is 1.72 bits per heavy atom. The van der Waals surface area contributed by atoms with Crippen LogP contribution in [0, 0.1) is 20.8 Å². The van der Waals surface area contributed by atoms with Crippen LogP contribution < -0.4 is 16.2 Å². The Bertz CT molecular complexity index is 851. The van der Waals surface area contributed by atoms with E-state index in [-0.39, 0.29) is 30.0 Å². The zero-order valence-electron chi connectivity index (χ0n) is 15.0. The van der Waals surface area contributed by atoms with Crippen molar-refractivity contribution in [3.63, 3.8) is 0 Å². The first kappa shape index (κ1) is 18.4. The van der Waals surface area contributed by atoms with Crippen molar-refractivity contribution in [3.05, 3.63) is 63.1 Å². The smallest absolute Gasteiger partial charge is 0.263 e. The molecule has 132 valence electrons. The van der Waals surface area contributed by atoms with Gasteiger partial charge in [0.15, 0.2) is 0 Å². The van der Waals surface area contributed by atoms with Crippen molar-refractivity contribution in [2.24, 2.45) is 7.05 Å². The van der Waals surface area contributed by atoms with Gasteiger partial charge >= 0.3 is 0 Å². The zero-order chi connectivity index (χ0) is 18.6. The molecule has 0 unspecified atom stereocenters. The molecule has 2 aromatic rings. The third kappa shape index (κ3) is 4.56. The molecule has 2 N–H and O–H groups in total. The molecule has 6 nitrogen and oxygen atoms in total. The fourth-order valence-corrected chi connectivity index (χ4v) is 2.49. The van der Waals surface area contributed by atoms with Gasteiger partial charge in [-0.25, -0.2) is 0 Å². The van der Waals surface area contributed by atoms with Crippen LogP contribution in [0.3, 0.4) is 0 Å². The summed E-state index contributed by atoms with van der Waals surface area (Å²) in [5, 5.41) is 5.41. The second-order valence-corrected chi connectivity index (χ2v) is 6.13. The second-order valence-electron chi connectivity index (χ2n) is 6.13. The molecule has 0 atom stereocenters. The van der Waals surface area contributed by atoms with Crippen molar-refractivity contribution < 1.29 is 9.59 Å². The third-order valence-electron chi connectivity index (χ3n) is 4.07. The number of hydrogen-bond donors (Lipinski definition) is 2. The van der Waals surface area contributed by atoms with Crippen LogP contribution >= 0.6 is 0 Å². The number of aromatic nitrogens is 1. The Hall–Kier alpha value is -2.89. The number of carbonyl (C=O) groups excluding carboxylic acids is 2. The average molecular weight is 341 g/mol. The van der Waals surface area contributed by atoms with E-state index in [0.717, 1.165) is 11.3 Å². The van der Waals surface area contributed by atoms with Gasteiger partial charge in [-0.15, -0.1) is 0 Å². The molecule has 0 fully saturated rings. The minimum Gasteiger partial charge on any atom is -0.351 e. The number of anilines is 1. The number of aryl methyl sites for hydroxylation is 3. The van der Waals surface area contributed by atoms with Gasteiger partial charge in [-0.05, 0) is 44.5 Å². The number of amides is 2. The lowest BCUT2D eigenvalue weighted by molar-refractivity contribution is -0.116. The Morgan fingerprint density at radius 3 is 2.36 bits per heavy atom. The largest absolute Gasteiger partial charge is 0.351 e. The van der Waals surface area contributed by atoms with Crippen molar-refractivity contribution in [2.75, 3.05) is 11.9 Å². The van der Waals surface area contributed by atoms with Crippen molar-refractivity contribution in [2.45, 2.75) is 27.2 Å². The normalized spacial score (nSPS) is 10.4. The quantitative estimate of drug-likeness (QED) is 0.874. The molecule has 0 spiro atoms. The maximum Gasteiger partial charge on any atom is 0.263 e. The Morgan fingerprint density at radius 1 is 1.08 bits per heavy atom. The molecular formula is C19H23N3O3. The predicted octanol–water partition coefficient (Wildman–Crippen LogP) is 2.07. The van der Waals surface area contributed by atoms with Gasteiger partial charge in [-0.1, -0.05) is 17.7 Å². The molecular weight excluding hydrogens is 318 g/mol. The van der Waals surface area contributed by atoms with E-state index in [1.807, 2.05) is 38.1 Å². The summed E-state index contributed by atoms with van der Waals surface area (Å²) in [5.74, 6) is -0.654. The highest BCUT2D eigenvalue weighted by Gasteiger charge is 2.16. The summed E-state index contributed by atoms with van der Waals surface area (Å²) < 4.78 is 1.44. The van der Waals surface area contributed by atoms with Gasteiger partial charge in [0.2, 0.25) is 5.91 Å². The SMILES string of the molecule is Cc1ccc(NC(=O)CCNC(=O)c2c(C)cc(C)n(C)c2=O)cc1. The van der Waals surface area contributed by atoms with E-state index >= 15 is 0 Å². The number of hydrogen-bond acceptors (Lipinski definition) is 3. The van der Waals surface area contributed by atoms with E-state index in [9.17, 15) is 14.4 Å². The van der Waals surface area contributed by atoms with Gasteiger partial charge in [0.05, 0.1) is 0 Å². The molecule has 0 aliphatic heterocycles. The summed E-state index contributed by atoms with van der Waals surface area (Å²) in [6.07, 6.45) is 0.130. The molecule has 0 aliphatic carbocycles. The van der Waals surface area contributed by atoms with Gasteiger partial charge in [0, 0.05) is 31.4 Å². The summed E-state index contributed by atoms with van der Waals surface area (Å²) in [4.78, 5) is 36.4. The van der Waals surface area contributed by atoms with Crippen LogP contribution in [-0.2, 0) is 11.8 Å². The summed E-state index contributed by atoms with van der Waals surface area (Å²) in [6.45, 7) is 5.67. The van der Waals surface area contributed by atoms with Crippen molar-refractivity contribution in [3.8, 4) is 0 Å². The predicted molar refractivity (Wildman–Crippen MR) is 97.9 cm³/mol. The fourth-order valence-electron chi connectivity index (χ4n) is 2.49. The fraction of sp³-hybridized carbons (Fsp3) is 0.316. The number of nitrogens with zero attached hydrogens (tertiary/aromatic N) is 1. The van der Waals surface area contributed by atoms with Gasteiger partial charge in [-0.3, -0.25) is 14.4 Å². The van der Waals surface area contributed by atoms with Gasteiger partial charge < -0.3 is 15.2 Å². The van der Waals surface area contributed by atoms with E-state index < -0.39 is 5.91 Å². The first-order valence-electron chi connectivity index (χ1n) is 8.11. The van der Waals surface area contributed by atoms with Crippen LogP contribution in [0.1, 0.15) is 33.6 Å². The summed E-state index contributed by atoms with van der Waals surface area (Å²) >= 11 is 0. The van der Waals surface area contributed by atoms with E-state index in [0.29, 0.717) is 11.3 Å². The molecule has 25 heavy (non-hydrogen) atoms. The molecule has 0 saturated heterocycles. The standard InChI is InChI=1S/C19H23N3O3/c1-12-5-7-15(8-6-12)21-16(23)9-10-20-18(24)17-13(2)11-14(3)22(4)19(17)25/h5-8,11H,9-10H2,1-4H3,(H,20,24)(H,21,23). The molecule has 0 saturated carbocycles. The molecule has 2 amide bonds. The van der Waals surface area contributed by atoms with Gasteiger partial charge in [0.25, 0.3) is 11.5 Å². The molecule has 0 aliphatic rings. The minimum atomic E-state index is -0.457. The maximum absolute atomic E-state index is 12.3. The van der Waals surface area contributed by atoms with Crippen LogP contribution in [0.5, 0.6) is 0 Å². The van der Waals surface area contributed by atoms with Gasteiger partial charge in [-0.2, -0.15) is 0 Å². The molecule has 1 aromatic carbocycles. The lowest BCUT2D eigenvalue weighted by Gasteiger charge is -2.11. The third-order valence-corrected chi connectivity index (χ3v) is 4.07. The molecule has 0 radical (unpaired) electrons. The molecule has 1 aromatic heterocycles. The van der Waals surface area contributed by atoms with Crippen LogP contribution in [0.4, 0.5) is 5.69 Å². The van der Waals surface area contributed by atoms with E-state index in [1.165, 1.54) is 4.57 Å². The zero-order valence-corrected chi connectivity index (χ0v) is 15.0. The second kappa shape index (κ2) is 7.79. The number of carbonyl (C=O) groups is 2. The van der Waals surface area contributed by atoms with Crippen LogP contribution in [0.2, 0.25) is 0 Å². The monoisotopic (exact) mass is 341 g/mol. The van der Waals surface area contributed by atoms with Crippen LogP contribution in [0.25, 0.3) is 0 Å². The summed E-state index contributed by atoms with van der Waals surface area (Å²) in [6, 6.07) is 9.26. The molecule has 1 heterocycles. The van der Waals surface area contributed by atoms with Crippen molar-refractivity contribution in [1.82, 2.24) is 9.88 Å². The number of nitrogens with one attached hydrogen (secondary N) is 2. The highest BCUT2D eigenvalue weighted by atomic mass is 16.2.